The lowest BCUT2D eigenvalue weighted by atomic mass is 9.74. The molecule has 0 N–H and O–H groups in total. The molecule has 1 aliphatic carbocycles. The fraction of sp³-hybridized carbons (Fsp3) is 0.409. The summed E-state index contributed by atoms with van der Waals surface area (Å²) in [5.74, 6) is 2.24. The second-order valence-corrected chi connectivity index (χ2v) is 7.09. The van der Waals surface area contributed by atoms with Crippen molar-refractivity contribution in [3.8, 4) is 0 Å². The van der Waals surface area contributed by atoms with Gasteiger partial charge < -0.3 is 4.74 Å². The molecule has 2 aromatic carbocycles. The van der Waals surface area contributed by atoms with Crippen molar-refractivity contribution in [2.24, 2.45) is 10.9 Å². The number of benzene rings is 2. The second kappa shape index (κ2) is 6.80. The van der Waals surface area contributed by atoms with Gasteiger partial charge in [0.1, 0.15) is 0 Å². The molecule has 1 unspecified atom stereocenters. The zero-order valence-corrected chi connectivity index (χ0v) is 14.3. The lowest BCUT2D eigenvalue weighted by molar-refractivity contribution is 0.274. The number of hydrogen-bond donors (Lipinski definition) is 0. The van der Waals surface area contributed by atoms with E-state index in [9.17, 15) is 0 Å². The number of ether oxygens (including phenoxy) is 1. The van der Waals surface area contributed by atoms with Crippen LogP contribution in [0.2, 0.25) is 0 Å². The molecule has 4 rings (SSSR count). The van der Waals surface area contributed by atoms with Gasteiger partial charge in [-0.3, -0.25) is 0 Å². The van der Waals surface area contributed by atoms with E-state index in [0.717, 1.165) is 18.2 Å². The smallest absolute Gasteiger partial charge is 0.216 e. The zero-order valence-electron chi connectivity index (χ0n) is 14.3. The van der Waals surface area contributed by atoms with Crippen molar-refractivity contribution >= 4 is 5.90 Å². The summed E-state index contributed by atoms with van der Waals surface area (Å²) in [6.07, 6.45) is 6.17. The van der Waals surface area contributed by atoms with Crippen molar-refractivity contribution in [2.75, 3.05) is 7.11 Å². The summed E-state index contributed by atoms with van der Waals surface area (Å²) in [5, 5.41) is 0. The fourth-order valence-corrected chi connectivity index (χ4v) is 4.40. The lowest BCUT2D eigenvalue weighted by Crippen LogP contribution is -2.31. The summed E-state index contributed by atoms with van der Waals surface area (Å²) in [6.45, 7) is 0. The van der Waals surface area contributed by atoms with Gasteiger partial charge in [0.2, 0.25) is 5.90 Å². The SMILES string of the molecule is COC1=NC(C2CCC(c3ccccc3)CC2)Cc2ccccc21. The van der Waals surface area contributed by atoms with E-state index in [0.29, 0.717) is 12.0 Å². The lowest BCUT2D eigenvalue weighted by Gasteiger charge is -2.34. The van der Waals surface area contributed by atoms with Gasteiger partial charge in [0.05, 0.1) is 13.2 Å². The molecule has 124 valence electrons. The molecule has 1 saturated carbocycles. The Morgan fingerprint density at radius 2 is 1.58 bits per heavy atom. The van der Waals surface area contributed by atoms with Crippen LogP contribution in [-0.4, -0.2) is 19.0 Å². The fourth-order valence-electron chi connectivity index (χ4n) is 4.40. The van der Waals surface area contributed by atoms with Crippen molar-refractivity contribution in [3.63, 3.8) is 0 Å². The van der Waals surface area contributed by atoms with E-state index in [4.69, 9.17) is 9.73 Å². The Morgan fingerprint density at radius 3 is 2.33 bits per heavy atom. The molecule has 0 bridgehead atoms. The van der Waals surface area contributed by atoms with Crippen molar-refractivity contribution in [1.82, 2.24) is 0 Å². The zero-order chi connectivity index (χ0) is 16.4. The van der Waals surface area contributed by atoms with Crippen molar-refractivity contribution in [2.45, 2.75) is 44.1 Å². The Hall–Kier alpha value is -2.09. The van der Waals surface area contributed by atoms with Crippen LogP contribution in [0.1, 0.15) is 48.3 Å². The highest BCUT2D eigenvalue weighted by molar-refractivity contribution is 5.96. The van der Waals surface area contributed by atoms with Crippen LogP contribution in [0.25, 0.3) is 0 Å². The minimum Gasteiger partial charge on any atom is -0.481 e. The Bertz CT molecular complexity index is 714. The molecule has 0 aromatic heterocycles. The topological polar surface area (TPSA) is 21.6 Å². The Kier molecular flexibility index (Phi) is 4.38. The largest absolute Gasteiger partial charge is 0.481 e. The van der Waals surface area contributed by atoms with Gasteiger partial charge in [-0.05, 0) is 61.1 Å². The molecule has 1 fully saturated rings. The predicted octanol–water partition coefficient (Wildman–Crippen LogP) is 4.98. The quantitative estimate of drug-likeness (QED) is 0.765. The average Bonchev–Trinajstić information content (AvgIpc) is 2.68. The minimum absolute atomic E-state index is 0.381. The predicted molar refractivity (Wildman–Crippen MR) is 98.6 cm³/mol. The summed E-state index contributed by atoms with van der Waals surface area (Å²) in [4.78, 5) is 4.96. The maximum absolute atomic E-state index is 5.58. The van der Waals surface area contributed by atoms with Crippen LogP contribution >= 0.6 is 0 Å². The summed E-state index contributed by atoms with van der Waals surface area (Å²) < 4.78 is 5.58. The first-order valence-corrected chi connectivity index (χ1v) is 9.10. The van der Waals surface area contributed by atoms with Gasteiger partial charge >= 0.3 is 0 Å². The standard InChI is InChI=1S/C22H25NO/c1-24-22-20-10-6-5-9-19(20)15-21(23-22)18-13-11-17(12-14-18)16-7-3-2-4-8-16/h2-10,17-18,21H,11-15H2,1H3. The molecule has 0 amide bonds. The highest BCUT2D eigenvalue weighted by Gasteiger charge is 2.31. The molecule has 0 saturated heterocycles. The van der Waals surface area contributed by atoms with E-state index in [1.54, 1.807) is 7.11 Å². The first-order chi connectivity index (χ1) is 11.8. The Labute approximate surface area is 144 Å². The maximum atomic E-state index is 5.58. The highest BCUT2D eigenvalue weighted by Crippen LogP contribution is 2.39. The Morgan fingerprint density at radius 1 is 0.875 bits per heavy atom. The Balaban J connectivity index is 1.47. The monoisotopic (exact) mass is 319 g/mol. The van der Waals surface area contributed by atoms with Gasteiger partial charge in [-0.15, -0.1) is 0 Å². The van der Waals surface area contributed by atoms with Crippen LogP contribution in [0.3, 0.4) is 0 Å². The van der Waals surface area contributed by atoms with Crippen molar-refractivity contribution in [1.29, 1.82) is 0 Å². The first-order valence-electron chi connectivity index (χ1n) is 9.10. The van der Waals surface area contributed by atoms with Gasteiger partial charge in [-0.25, -0.2) is 4.99 Å². The van der Waals surface area contributed by atoms with E-state index in [1.165, 1.54) is 42.4 Å². The summed E-state index contributed by atoms with van der Waals surface area (Å²) >= 11 is 0. The summed E-state index contributed by atoms with van der Waals surface area (Å²) in [6, 6.07) is 19.9. The molecule has 24 heavy (non-hydrogen) atoms. The van der Waals surface area contributed by atoms with Gasteiger partial charge in [-0.2, -0.15) is 0 Å². The molecule has 2 aromatic rings. The van der Waals surface area contributed by atoms with E-state index in [-0.39, 0.29) is 0 Å². The third-order valence-corrected chi connectivity index (χ3v) is 5.74. The molecule has 0 radical (unpaired) electrons. The molecular weight excluding hydrogens is 294 g/mol. The molecule has 2 heteroatoms. The molecule has 1 atom stereocenters. The minimum atomic E-state index is 0.381. The van der Waals surface area contributed by atoms with E-state index in [2.05, 4.69) is 54.6 Å². The molecule has 1 aliphatic heterocycles. The van der Waals surface area contributed by atoms with Crippen LogP contribution < -0.4 is 0 Å². The number of nitrogens with zero attached hydrogens (tertiary/aromatic N) is 1. The van der Waals surface area contributed by atoms with Crippen molar-refractivity contribution in [3.05, 3.63) is 71.3 Å². The van der Waals surface area contributed by atoms with Crippen LogP contribution in [0, 0.1) is 5.92 Å². The maximum Gasteiger partial charge on any atom is 0.216 e. The van der Waals surface area contributed by atoms with E-state index >= 15 is 0 Å². The van der Waals surface area contributed by atoms with Gasteiger partial charge in [0, 0.05) is 5.56 Å². The van der Waals surface area contributed by atoms with Crippen LogP contribution in [0.4, 0.5) is 0 Å². The first kappa shape index (κ1) is 15.4. The average molecular weight is 319 g/mol. The van der Waals surface area contributed by atoms with Crippen LogP contribution in [0.5, 0.6) is 0 Å². The second-order valence-electron chi connectivity index (χ2n) is 7.09. The van der Waals surface area contributed by atoms with Crippen LogP contribution in [-0.2, 0) is 11.2 Å². The number of methoxy groups -OCH3 is 1. The molecular formula is C22H25NO. The molecule has 2 nitrogen and oxygen atoms in total. The van der Waals surface area contributed by atoms with Crippen molar-refractivity contribution < 1.29 is 4.74 Å². The number of hydrogen-bond acceptors (Lipinski definition) is 2. The van der Waals surface area contributed by atoms with Gasteiger partial charge in [0.15, 0.2) is 0 Å². The van der Waals surface area contributed by atoms with Gasteiger partial charge in [0.25, 0.3) is 0 Å². The van der Waals surface area contributed by atoms with E-state index < -0.39 is 0 Å². The normalized spacial score (nSPS) is 26.4. The summed E-state index contributed by atoms with van der Waals surface area (Å²) in [7, 11) is 1.74. The third-order valence-electron chi connectivity index (χ3n) is 5.74. The van der Waals surface area contributed by atoms with Crippen LogP contribution in [0.15, 0.2) is 59.6 Å². The molecule has 2 aliphatic rings. The summed E-state index contributed by atoms with van der Waals surface area (Å²) in [5.41, 5.74) is 4.07. The third kappa shape index (κ3) is 2.98. The number of aliphatic imine (C=N–C) groups is 1. The molecule has 1 heterocycles. The number of fused-ring (bicyclic) bond motifs is 1. The number of rotatable bonds is 2. The van der Waals surface area contributed by atoms with Gasteiger partial charge in [-0.1, -0.05) is 48.5 Å². The van der Waals surface area contributed by atoms with E-state index in [1.807, 2.05) is 0 Å². The highest BCUT2D eigenvalue weighted by atomic mass is 16.5. The molecule has 0 spiro atoms.